The Morgan fingerprint density at radius 3 is 2.77 bits per heavy atom. The minimum atomic E-state index is 0.627. The maximum absolute atomic E-state index is 3.56. The highest BCUT2D eigenvalue weighted by Crippen LogP contribution is 2.33. The zero-order valence-corrected chi connectivity index (χ0v) is 9.56. The molecule has 1 aliphatic rings. The van der Waals surface area contributed by atoms with E-state index in [4.69, 9.17) is 0 Å². The summed E-state index contributed by atoms with van der Waals surface area (Å²) in [4.78, 5) is 0. The van der Waals surface area contributed by atoms with Gasteiger partial charge in [-0.15, -0.1) is 0 Å². The Kier molecular flexibility index (Phi) is 2.29. The van der Waals surface area contributed by atoms with Gasteiger partial charge in [0.15, 0.2) is 0 Å². The normalized spacial score (nSPS) is 14.6. The third kappa shape index (κ3) is 1.58. The summed E-state index contributed by atoms with van der Waals surface area (Å²) in [5.41, 5.74) is 4.38. The van der Waals surface area contributed by atoms with Crippen molar-refractivity contribution in [3.8, 4) is 0 Å². The van der Waals surface area contributed by atoms with Crippen molar-refractivity contribution in [2.75, 3.05) is 0 Å². The smallest absolute Gasteiger partial charge is 0.00496 e. The lowest BCUT2D eigenvalue weighted by Crippen LogP contribution is -1.95. The third-order valence-electron chi connectivity index (χ3n) is 2.53. The lowest BCUT2D eigenvalue weighted by atomic mass is 9.94. The molecule has 1 aliphatic carbocycles. The minimum Gasteiger partial charge on any atom is -0.0614 e. The lowest BCUT2D eigenvalue weighted by Gasteiger charge is -2.11. The van der Waals surface area contributed by atoms with Crippen molar-refractivity contribution in [1.82, 2.24) is 0 Å². The fraction of sp³-hybridized carbons (Fsp3) is 0.333. The van der Waals surface area contributed by atoms with Gasteiger partial charge in [-0.3, -0.25) is 0 Å². The Balaban J connectivity index is 2.51. The Morgan fingerprint density at radius 2 is 2.08 bits per heavy atom. The van der Waals surface area contributed by atoms with Gasteiger partial charge in [0.2, 0.25) is 0 Å². The van der Waals surface area contributed by atoms with Crippen LogP contribution in [0, 0.1) is 0 Å². The van der Waals surface area contributed by atoms with E-state index in [-0.39, 0.29) is 0 Å². The van der Waals surface area contributed by atoms with E-state index in [1.165, 1.54) is 21.2 Å². The van der Waals surface area contributed by atoms with Gasteiger partial charge < -0.3 is 0 Å². The van der Waals surface area contributed by atoms with Crippen LogP contribution in [0.3, 0.4) is 0 Å². The van der Waals surface area contributed by atoms with Crippen molar-refractivity contribution in [3.63, 3.8) is 0 Å². The number of benzene rings is 1. The van der Waals surface area contributed by atoms with Crippen LogP contribution >= 0.6 is 15.9 Å². The largest absolute Gasteiger partial charge is 0.0614 e. The summed E-state index contributed by atoms with van der Waals surface area (Å²) in [5, 5.41) is 0. The molecule has 0 saturated carbocycles. The molecule has 1 heteroatoms. The van der Waals surface area contributed by atoms with Gasteiger partial charge in [-0.1, -0.05) is 48.0 Å². The fourth-order valence-corrected chi connectivity index (χ4v) is 2.42. The van der Waals surface area contributed by atoms with E-state index in [9.17, 15) is 0 Å². The average Bonchev–Trinajstić information content (AvgIpc) is 2.43. The van der Waals surface area contributed by atoms with Crippen molar-refractivity contribution < 1.29 is 0 Å². The van der Waals surface area contributed by atoms with Crippen LogP contribution in [0.15, 0.2) is 22.7 Å². The predicted octanol–water partition coefficient (Wildman–Crippen LogP) is 4.10. The summed E-state index contributed by atoms with van der Waals surface area (Å²) >= 11 is 3.56. The number of fused-ring (bicyclic) bond motifs is 1. The summed E-state index contributed by atoms with van der Waals surface area (Å²) < 4.78 is 1.30. The van der Waals surface area contributed by atoms with E-state index in [2.05, 4.69) is 54.1 Å². The second-order valence-electron chi connectivity index (χ2n) is 3.84. The molecular weight excluding hydrogens is 224 g/mol. The molecule has 13 heavy (non-hydrogen) atoms. The van der Waals surface area contributed by atoms with E-state index >= 15 is 0 Å². The first-order valence-corrected chi connectivity index (χ1v) is 5.45. The van der Waals surface area contributed by atoms with E-state index in [1.54, 1.807) is 0 Å². The van der Waals surface area contributed by atoms with Gasteiger partial charge in [-0.25, -0.2) is 0 Å². The highest BCUT2D eigenvalue weighted by Gasteiger charge is 2.15. The second-order valence-corrected chi connectivity index (χ2v) is 4.86. The minimum absolute atomic E-state index is 0.627. The molecular formula is C12H13Br. The fourth-order valence-electron chi connectivity index (χ4n) is 1.89. The maximum Gasteiger partial charge on any atom is 0.00496 e. The summed E-state index contributed by atoms with van der Waals surface area (Å²) in [5.74, 6) is 0.627. The van der Waals surface area contributed by atoms with E-state index in [0.29, 0.717) is 5.92 Å². The van der Waals surface area contributed by atoms with Gasteiger partial charge in [0.05, 0.1) is 0 Å². The molecule has 0 nitrogen and oxygen atoms in total. The maximum atomic E-state index is 3.56. The van der Waals surface area contributed by atoms with Gasteiger partial charge in [-0.05, 0) is 28.7 Å². The molecule has 0 amide bonds. The van der Waals surface area contributed by atoms with Crippen LogP contribution in [0.1, 0.15) is 36.5 Å². The zero-order valence-electron chi connectivity index (χ0n) is 7.97. The van der Waals surface area contributed by atoms with Crippen molar-refractivity contribution in [2.45, 2.75) is 26.2 Å². The molecule has 68 valence electrons. The van der Waals surface area contributed by atoms with Crippen molar-refractivity contribution in [1.29, 1.82) is 0 Å². The van der Waals surface area contributed by atoms with Gasteiger partial charge in [0.25, 0.3) is 0 Å². The Morgan fingerprint density at radius 1 is 1.31 bits per heavy atom. The molecule has 0 fully saturated rings. The first-order chi connectivity index (χ1) is 6.18. The number of rotatable bonds is 1. The Bertz CT molecular complexity index is 361. The highest BCUT2D eigenvalue weighted by atomic mass is 79.9. The van der Waals surface area contributed by atoms with Crippen LogP contribution in [-0.4, -0.2) is 0 Å². The molecule has 0 atom stereocenters. The summed E-state index contributed by atoms with van der Waals surface area (Å²) in [6, 6.07) is 6.58. The number of halogens is 1. The highest BCUT2D eigenvalue weighted by molar-refractivity contribution is 9.11. The first-order valence-electron chi connectivity index (χ1n) is 4.66. The predicted molar refractivity (Wildman–Crippen MR) is 61.1 cm³/mol. The van der Waals surface area contributed by atoms with Crippen molar-refractivity contribution in [2.24, 2.45) is 0 Å². The summed E-state index contributed by atoms with van der Waals surface area (Å²) in [6.07, 6.45) is 3.30. The molecule has 0 spiro atoms. The molecule has 0 saturated heterocycles. The second kappa shape index (κ2) is 3.30. The van der Waals surface area contributed by atoms with Gasteiger partial charge in [-0.2, -0.15) is 0 Å². The van der Waals surface area contributed by atoms with Gasteiger partial charge in [0.1, 0.15) is 0 Å². The Labute approximate surface area is 87.8 Å². The molecule has 1 aromatic rings. The molecule has 0 aliphatic heterocycles. The standard InChI is InChI=1S/C12H13Br/c1-8(2)11-5-3-4-9-6-10(13)7-12(9)11/h3-6,8H,7H2,1-2H3. The van der Waals surface area contributed by atoms with Crippen LogP contribution in [0.2, 0.25) is 0 Å². The Hall–Kier alpha value is -0.560. The number of hydrogen-bond acceptors (Lipinski definition) is 0. The van der Waals surface area contributed by atoms with E-state index in [1.807, 2.05) is 0 Å². The SMILES string of the molecule is CC(C)c1cccc2c1CC(Br)=C2. The van der Waals surface area contributed by atoms with Crippen LogP contribution in [-0.2, 0) is 6.42 Å². The molecule has 0 unspecified atom stereocenters. The molecule has 0 bridgehead atoms. The topological polar surface area (TPSA) is 0 Å². The summed E-state index contributed by atoms with van der Waals surface area (Å²) in [6.45, 7) is 4.50. The van der Waals surface area contributed by atoms with E-state index in [0.717, 1.165) is 6.42 Å². The summed E-state index contributed by atoms with van der Waals surface area (Å²) in [7, 11) is 0. The molecule has 1 aromatic carbocycles. The average molecular weight is 237 g/mol. The number of allylic oxidation sites excluding steroid dienone is 1. The van der Waals surface area contributed by atoms with Crippen LogP contribution in [0.25, 0.3) is 6.08 Å². The van der Waals surface area contributed by atoms with Crippen molar-refractivity contribution in [3.05, 3.63) is 39.4 Å². The van der Waals surface area contributed by atoms with Gasteiger partial charge >= 0.3 is 0 Å². The van der Waals surface area contributed by atoms with Crippen LogP contribution in [0.4, 0.5) is 0 Å². The van der Waals surface area contributed by atoms with Crippen LogP contribution in [0.5, 0.6) is 0 Å². The van der Waals surface area contributed by atoms with Crippen LogP contribution < -0.4 is 0 Å². The number of hydrogen-bond donors (Lipinski definition) is 0. The zero-order chi connectivity index (χ0) is 9.42. The molecule has 0 heterocycles. The van der Waals surface area contributed by atoms with Crippen molar-refractivity contribution >= 4 is 22.0 Å². The third-order valence-corrected chi connectivity index (χ3v) is 3.04. The molecule has 0 radical (unpaired) electrons. The molecule has 2 rings (SSSR count). The molecule has 0 N–H and O–H groups in total. The van der Waals surface area contributed by atoms with Gasteiger partial charge in [0, 0.05) is 10.9 Å². The lowest BCUT2D eigenvalue weighted by molar-refractivity contribution is 0.851. The van der Waals surface area contributed by atoms with E-state index < -0.39 is 0 Å². The quantitative estimate of drug-likeness (QED) is 0.689. The first kappa shape index (κ1) is 9.01. The molecule has 0 aromatic heterocycles. The monoisotopic (exact) mass is 236 g/mol.